The van der Waals surface area contributed by atoms with Gasteiger partial charge in [-0.05, 0) is 30.3 Å². The van der Waals surface area contributed by atoms with E-state index in [1.807, 2.05) is 0 Å². The Bertz CT molecular complexity index is 1050. The van der Waals surface area contributed by atoms with Crippen LogP contribution in [0.3, 0.4) is 0 Å². The molecule has 8 nitrogen and oxygen atoms in total. The van der Waals surface area contributed by atoms with E-state index in [0.717, 1.165) is 12.1 Å². The molecule has 0 amide bonds. The molecule has 0 spiro atoms. The number of furan rings is 1. The average Bonchev–Trinajstić information content (AvgIpc) is 3.16. The smallest absolute Gasteiger partial charge is 0.417 e. The van der Waals surface area contributed by atoms with Crippen molar-refractivity contribution in [1.29, 1.82) is 0 Å². The molecule has 0 aliphatic heterocycles. The molecule has 150 valence electrons. The van der Waals surface area contributed by atoms with Crippen molar-refractivity contribution in [3.05, 3.63) is 70.1 Å². The summed E-state index contributed by atoms with van der Waals surface area (Å²) >= 11 is 0. The molecule has 0 aliphatic carbocycles. The number of hydrazone groups is 1. The lowest BCUT2D eigenvalue weighted by molar-refractivity contribution is -0.384. The maximum Gasteiger partial charge on any atom is 0.417 e. The largest absolute Gasteiger partial charge is 0.496 e. The van der Waals surface area contributed by atoms with Crippen molar-refractivity contribution in [2.75, 3.05) is 12.5 Å². The summed E-state index contributed by atoms with van der Waals surface area (Å²) in [6.07, 6.45) is -2.49. The fraction of sp³-hybridized carbons (Fsp3) is 0.111. The molecule has 2 heterocycles. The molecule has 1 aromatic carbocycles. The summed E-state index contributed by atoms with van der Waals surface area (Å²) in [6, 6.07) is 9.27. The minimum Gasteiger partial charge on any atom is -0.496 e. The summed E-state index contributed by atoms with van der Waals surface area (Å²) in [5.74, 6) is 1.12. The monoisotopic (exact) mass is 406 g/mol. The van der Waals surface area contributed by atoms with E-state index in [2.05, 4.69) is 15.5 Å². The third-order valence-corrected chi connectivity index (χ3v) is 3.75. The van der Waals surface area contributed by atoms with Gasteiger partial charge >= 0.3 is 6.18 Å². The number of methoxy groups -OCH3 is 1. The van der Waals surface area contributed by atoms with E-state index in [1.165, 1.54) is 31.5 Å². The number of nitrogens with zero attached hydrogens (tertiary/aromatic N) is 3. The Balaban J connectivity index is 1.74. The standard InChI is InChI=1S/C18H13F3N4O4/c1-28-15-5-3-12(25(26)27)8-14(15)16-6-4-13(29-16)10-23-24-17-7-2-11(9-22-17)18(19,20)21/h2-10H,1H3,(H,22,24)/b23-10-. The average molecular weight is 406 g/mol. The van der Waals surface area contributed by atoms with Crippen molar-refractivity contribution in [3.8, 4) is 17.1 Å². The van der Waals surface area contributed by atoms with Gasteiger partial charge in [-0.3, -0.25) is 15.5 Å². The summed E-state index contributed by atoms with van der Waals surface area (Å²) < 4.78 is 48.3. The Kier molecular flexibility index (Phi) is 5.48. The maximum absolute atomic E-state index is 12.5. The van der Waals surface area contributed by atoms with Gasteiger partial charge in [0.25, 0.3) is 5.69 Å². The lowest BCUT2D eigenvalue weighted by Gasteiger charge is -2.06. The highest BCUT2D eigenvalue weighted by Gasteiger charge is 2.30. The van der Waals surface area contributed by atoms with Gasteiger partial charge in [0.15, 0.2) is 0 Å². The number of nitrogens with one attached hydrogen (secondary N) is 1. The molecule has 29 heavy (non-hydrogen) atoms. The van der Waals surface area contributed by atoms with Gasteiger partial charge in [-0.15, -0.1) is 0 Å². The second kappa shape index (κ2) is 8.00. The number of benzene rings is 1. The zero-order valence-electron chi connectivity index (χ0n) is 14.8. The van der Waals surface area contributed by atoms with Gasteiger partial charge in [0.1, 0.15) is 23.1 Å². The van der Waals surface area contributed by atoms with Crippen LogP contribution in [-0.4, -0.2) is 23.2 Å². The molecule has 11 heteroatoms. The number of pyridine rings is 1. The number of nitro groups is 1. The van der Waals surface area contributed by atoms with Crippen LogP contribution >= 0.6 is 0 Å². The van der Waals surface area contributed by atoms with Crippen molar-refractivity contribution in [3.63, 3.8) is 0 Å². The Morgan fingerprint density at radius 1 is 1.24 bits per heavy atom. The molecule has 0 saturated carbocycles. The lowest BCUT2D eigenvalue weighted by Crippen LogP contribution is -2.05. The third-order valence-electron chi connectivity index (χ3n) is 3.75. The molecule has 3 aromatic rings. The first-order valence-electron chi connectivity index (χ1n) is 8.03. The van der Waals surface area contributed by atoms with E-state index < -0.39 is 16.7 Å². The first-order chi connectivity index (χ1) is 13.8. The van der Waals surface area contributed by atoms with Gasteiger partial charge in [0.2, 0.25) is 0 Å². The fourth-order valence-corrected chi connectivity index (χ4v) is 2.36. The van der Waals surface area contributed by atoms with Crippen LogP contribution in [0.25, 0.3) is 11.3 Å². The third kappa shape index (κ3) is 4.69. The number of halogens is 3. The highest BCUT2D eigenvalue weighted by molar-refractivity contribution is 5.79. The number of aromatic nitrogens is 1. The molecule has 0 fully saturated rings. The SMILES string of the molecule is COc1ccc([N+](=O)[O-])cc1-c1ccc(/C=N\Nc2ccc(C(F)(F)F)cn2)o1. The van der Waals surface area contributed by atoms with Crippen molar-refractivity contribution in [2.24, 2.45) is 5.10 Å². The van der Waals surface area contributed by atoms with Crippen molar-refractivity contribution < 1.29 is 27.2 Å². The number of hydrogen-bond donors (Lipinski definition) is 1. The predicted octanol–water partition coefficient (Wildman–Crippen LogP) is 4.72. The number of ether oxygens (including phenoxy) is 1. The molecule has 0 atom stereocenters. The number of rotatable bonds is 6. The molecular formula is C18H13F3N4O4. The topological polar surface area (TPSA) is 103 Å². The number of alkyl halides is 3. The van der Waals surface area contributed by atoms with Crippen LogP contribution in [0.15, 0.2) is 58.2 Å². The molecular weight excluding hydrogens is 393 g/mol. The van der Waals surface area contributed by atoms with Crippen LogP contribution in [0.4, 0.5) is 24.7 Å². The Morgan fingerprint density at radius 3 is 2.66 bits per heavy atom. The first-order valence-corrected chi connectivity index (χ1v) is 8.03. The van der Waals surface area contributed by atoms with E-state index in [-0.39, 0.29) is 11.5 Å². The van der Waals surface area contributed by atoms with Crippen LogP contribution in [0, 0.1) is 10.1 Å². The van der Waals surface area contributed by atoms with Gasteiger partial charge in [-0.2, -0.15) is 18.3 Å². The Morgan fingerprint density at radius 2 is 2.03 bits per heavy atom. The molecule has 0 bridgehead atoms. The molecule has 0 radical (unpaired) electrons. The maximum atomic E-state index is 12.5. The molecule has 2 aromatic heterocycles. The second-order valence-electron chi connectivity index (χ2n) is 5.64. The zero-order valence-corrected chi connectivity index (χ0v) is 14.8. The number of hydrogen-bond acceptors (Lipinski definition) is 7. The molecule has 0 saturated heterocycles. The lowest BCUT2D eigenvalue weighted by atomic mass is 10.1. The zero-order chi connectivity index (χ0) is 21.0. The van der Waals surface area contributed by atoms with Crippen LogP contribution < -0.4 is 10.2 Å². The van der Waals surface area contributed by atoms with E-state index in [4.69, 9.17) is 9.15 Å². The molecule has 3 rings (SSSR count). The van der Waals surface area contributed by atoms with E-state index in [1.54, 1.807) is 12.1 Å². The number of nitro benzene ring substituents is 1. The summed E-state index contributed by atoms with van der Waals surface area (Å²) in [4.78, 5) is 14.1. The highest BCUT2D eigenvalue weighted by atomic mass is 19.4. The van der Waals surface area contributed by atoms with Gasteiger partial charge in [-0.1, -0.05) is 0 Å². The van der Waals surface area contributed by atoms with Crippen LogP contribution in [0.5, 0.6) is 5.75 Å². The first kappa shape index (κ1) is 19.9. The fourth-order valence-electron chi connectivity index (χ4n) is 2.36. The number of non-ortho nitro benzene ring substituents is 1. The summed E-state index contributed by atoms with van der Waals surface area (Å²) in [5.41, 5.74) is 1.88. The van der Waals surface area contributed by atoms with E-state index in [0.29, 0.717) is 29.0 Å². The number of anilines is 1. The van der Waals surface area contributed by atoms with Crippen LogP contribution in [0.2, 0.25) is 0 Å². The van der Waals surface area contributed by atoms with E-state index >= 15 is 0 Å². The normalized spacial score (nSPS) is 11.6. The van der Waals surface area contributed by atoms with Gasteiger partial charge in [-0.25, -0.2) is 4.98 Å². The van der Waals surface area contributed by atoms with Crippen LogP contribution in [-0.2, 0) is 6.18 Å². The highest BCUT2D eigenvalue weighted by Crippen LogP contribution is 2.34. The minimum atomic E-state index is -4.47. The summed E-state index contributed by atoms with van der Waals surface area (Å²) in [6.45, 7) is 0. The minimum absolute atomic E-state index is 0.112. The van der Waals surface area contributed by atoms with E-state index in [9.17, 15) is 23.3 Å². The van der Waals surface area contributed by atoms with Gasteiger partial charge in [0.05, 0.1) is 29.4 Å². The Hall–Kier alpha value is -3.89. The quantitative estimate of drug-likeness (QED) is 0.361. The van der Waals surface area contributed by atoms with Gasteiger partial charge in [0, 0.05) is 18.3 Å². The van der Waals surface area contributed by atoms with Crippen molar-refractivity contribution in [1.82, 2.24) is 4.98 Å². The summed E-state index contributed by atoms with van der Waals surface area (Å²) in [7, 11) is 1.43. The summed E-state index contributed by atoms with van der Waals surface area (Å²) in [5, 5.41) is 14.8. The second-order valence-corrected chi connectivity index (χ2v) is 5.64. The molecule has 0 aliphatic rings. The van der Waals surface area contributed by atoms with Crippen molar-refractivity contribution in [2.45, 2.75) is 6.18 Å². The van der Waals surface area contributed by atoms with Gasteiger partial charge < -0.3 is 9.15 Å². The van der Waals surface area contributed by atoms with Crippen LogP contribution in [0.1, 0.15) is 11.3 Å². The molecule has 0 unspecified atom stereocenters. The predicted molar refractivity (Wildman–Crippen MR) is 97.8 cm³/mol. The molecule has 1 N–H and O–H groups in total. The Labute approximate surface area is 161 Å². The van der Waals surface area contributed by atoms with Crippen molar-refractivity contribution >= 4 is 17.7 Å².